The second-order valence-corrected chi connectivity index (χ2v) is 11.3. The van der Waals surface area contributed by atoms with Crippen LogP contribution in [0.15, 0.2) is 85.6 Å². The lowest BCUT2D eigenvalue weighted by molar-refractivity contribution is -0.134. The molecule has 5 rings (SSSR count). The third-order valence-corrected chi connectivity index (χ3v) is 8.35. The number of esters is 1. The molecular formula is C38H47ClN2O2. The highest BCUT2D eigenvalue weighted by molar-refractivity contribution is 6.31. The summed E-state index contributed by atoms with van der Waals surface area (Å²) in [5, 5.41) is 0.686. The highest BCUT2D eigenvalue weighted by atomic mass is 35.5. The van der Waals surface area contributed by atoms with Crippen LogP contribution < -0.4 is 10.6 Å². The summed E-state index contributed by atoms with van der Waals surface area (Å²) in [6, 6.07) is 19.9. The number of carbonyl (C=O) groups excluding carboxylic acids is 1. The summed E-state index contributed by atoms with van der Waals surface area (Å²) < 4.78 is 4.68. The lowest BCUT2D eigenvalue weighted by Gasteiger charge is -2.22. The second-order valence-electron chi connectivity index (χ2n) is 10.8. The minimum atomic E-state index is -0.388. The van der Waals surface area contributed by atoms with Crippen molar-refractivity contribution < 1.29 is 9.53 Å². The zero-order valence-electron chi connectivity index (χ0n) is 26.2. The Hall–Kier alpha value is -3.76. The molecule has 0 aliphatic heterocycles. The van der Waals surface area contributed by atoms with Crippen molar-refractivity contribution in [2.75, 3.05) is 17.7 Å². The number of allylic oxidation sites excluding steroid dienone is 1. The van der Waals surface area contributed by atoms with Gasteiger partial charge in [-0.3, -0.25) is 0 Å². The van der Waals surface area contributed by atoms with Crippen LogP contribution in [0, 0.1) is 11.8 Å². The average Bonchev–Trinajstić information content (AvgIpc) is 3.71. The Morgan fingerprint density at radius 3 is 2.28 bits per heavy atom. The summed E-state index contributed by atoms with van der Waals surface area (Å²) in [7, 11) is 1.36. The number of fused-ring (bicyclic) bond motifs is 2. The molecule has 2 bridgehead atoms. The van der Waals surface area contributed by atoms with Crippen molar-refractivity contribution >= 4 is 41.1 Å². The Morgan fingerprint density at radius 1 is 1.02 bits per heavy atom. The Kier molecular flexibility index (Phi) is 13.6. The van der Waals surface area contributed by atoms with Crippen molar-refractivity contribution in [3.05, 3.63) is 107 Å². The van der Waals surface area contributed by atoms with Gasteiger partial charge in [-0.25, -0.2) is 4.79 Å². The molecule has 0 aromatic heterocycles. The van der Waals surface area contributed by atoms with Gasteiger partial charge in [-0.05, 0) is 88.9 Å². The van der Waals surface area contributed by atoms with E-state index in [0.29, 0.717) is 17.3 Å². The molecule has 0 saturated heterocycles. The molecule has 2 saturated carbocycles. The van der Waals surface area contributed by atoms with Gasteiger partial charge in [-0.15, -0.1) is 0 Å². The highest BCUT2D eigenvalue weighted by Crippen LogP contribution is 2.43. The van der Waals surface area contributed by atoms with Crippen LogP contribution in [0.4, 0.5) is 11.4 Å². The van der Waals surface area contributed by atoms with Gasteiger partial charge in [-0.2, -0.15) is 0 Å². The van der Waals surface area contributed by atoms with E-state index in [2.05, 4.69) is 47.5 Å². The van der Waals surface area contributed by atoms with Crippen molar-refractivity contribution in [1.29, 1.82) is 0 Å². The van der Waals surface area contributed by atoms with E-state index in [1.807, 2.05) is 62.4 Å². The molecule has 228 valence electrons. The van der Waals surface area contributed by atoms with E-state index in [-0.39, 0.29) is 5.97 Å². The summed E-state index contributed by atoms with van der Waals surface area (Å²) in [6.45, 7) is 10.5. The van der Waals surface area contributed by atoms with E-state index in [4.69, 9.17) is 17.3 Å². The maximum Gasteiger partial charge on any atom is 0.330 e. The molecule has 0 atom stereocenters. The lowest BCUT2D eigenvalue weighted by Crippen LogP contribution is -2.15. The molecule has 2 aliphatic carbocycles. The first-order chi connectivity index (χ1) is 20.9. The number of carbonyl (C=O) groups is 1. The molecule has 0 radical (unpaired) electrons. The molecule has 0 amide bonds. The molecule has 43 heavy (non-hydrogen) atoms. The quantitative estimate of drug-likeness (QED) is 0.151. The molecule has 0 unspecified atom stereocenters. The fourth-order valence-electron chi connectivity index (χ4n) is 5.65. The molecular weight excluding hydrogens is 552 g/mol. The van der Waals surface area contributed by atoms with E-state index < -0.39 is 0 Å². The molecule has 2 N–H and O–H groups in total. The first-order valence-corrected chi connectivity index (χ1v) is 15.9. The van der Waals surface area contributed by atoms with Crippen LogP contribution in [-0.4, -0.2) is 13.1 Å². The number of nitrogens with zero attached hydrogens (tertiary/aromatic N) is 1. The van der Waals surface area contributed by atoms with Crippen LogP contribution >= 0.6 is 11.6 Å². The van der Waals surface area contributed by atoms with Crippen LogP contribution in [0.5, 0.6) is 0 Å². The maximum atomic E-state index is 11.5. The normalized spacial score (nSPS) is 16.8. The van der Waals surface area contributed by atoms with E-state index in [1.54, 1.807) is 44.3 Å². The number of hydrogen-bond acceptors (Lipinski definition) is 4. The topological polar surface area (TPSA) is 55.6 Å². The van der Waals surface area contributed by atoms with Gasteiger partial charge in [0.15, 0.2) is 0 Å². The summed E-state index contributed by atoms with van der Waals surface area (Å²) >= 11 is 6.72. The van der Waals surface area contributed by atoms with Gasteiger partial charge in [0.2, 0.25) is 0 Å². The molecule has 0 heterocycles. The van der Waals surface area contributed by atoms with Crippen LogP contribution in [0.1, 0.15) is 76.0 Å². The zero-order valence-corrected chi connectivity index (χ0v) is 26.9. The minimum absolute atomic E-state index is 0.388. The summed E-state index contributed by atoms with van der Waals surface area (Å²) in [5.41, 5.74) is 12.5. The third kappa shape index (κ3) is 9.90. The number of benzene rings is 3. The minimum Gasteiger partial charge on any atom is -0.466 e. The Labute approximate surface area is 263 Å². The van der Waals surface area contributed by atoms with Crippen LogP contribution in [0.3, 0.4) is 0 Å². The van der Waals surface area contributed by atoms with E-state index >= 15 is 0 Å². The largest absolute Gasteiger partial charge is 0.466 e. The molecule has 5 heteroatoms. The van der Waals surface area contributed by atoms with Gasteiger partial charge in [0.05, 0.1) is 7.11 Å². The number of ether oxygens (including phenoxy) is 1. The molecule has 2 fully saturated rings. The van der Waals surface area contributed by atoms with Gasteiger partial charge in [-0.1, -0.05) is 107 Å². The van der Waals surface area contributed by atoms with Crippen molar-refractivity contribution in [3.63, 3.8) is 0 Å². The first kappa shape index (κ1) is 33.7. The number of methoxy groups -OCH3 is 1. The molecule has 4 nitrogen and oxygen atoms in total. The van der Waals surface area contributed by atoms with E-state index in [1.165, 1.54) is 25.0 Å². The Bertz CT molecular complexity index is 1390. The fourth-order valence-corrected chi connectivity index (χ4v) is 5.89. The van der Waals surface area contributed by atoms with Crippen molar-refractivity contribution in [2.45, 2.75) is 65.8 Å². The Morgan fingerprint density at radius 2 is 1.70 bits per heavy atom. The molecule has 2 aliphatic rings. The summed E-state index contributed by atoms with van der Waals surface area (Å²) in [5.74, 6) is 1.95. The summed E-state index contributed by atoms with van der Waals surface area (Å²) in [6.07, 6.45) is 17.8. The van der Waals surface area contributed by atoms with Crippen molar-refractivity contribution in [3.8, 4) is 11.1 Å². The number of rotatable bonds is 9. The monoisotopic (exact) mass is 598 g/mol. The fraction of sp³-hybridized carbons (Fsp3) is 0.342. The van der Waals surface area contributed by atoms with Gasteiger partial charge >= 0.3 is 5.97 Å². The van der Waals surface area contributed by atoms with E-state index in [0.717, 1.165) is 39.9 Å². The standard InChI is InChI=1S/C29H29ClN2O2.C7H12.C2H6/c1-4-6-16-32(26-9-7-8-21(17-26)10-15-29(33)34-3)20-25-12-11-24(19-27(25)30)23-13-14-28(31)22(5-2)18-23;1-2-7-4-3-6(1)5-7;1-2/h5-19H,2,4,20,31H2,1,3H3;6-7H,1-5H2;1-2H3/b15-10+,16-6-;;. The number of hydrogen-bond donors (Lipinski definition) is 1. The van der Waals surface area contributed by atoms with Gasteiger partial charge in [0.25, 0.3) is 0 Å². The maximum absolute atomic E-state index is 11.5. The molecule has 3 aromatic carbocycles. The zero-order chi connectivity index (χ0) is 31.2. The van der Waals surface area contributed by atoms with Crippen LogP contribution in [-0.2, 0) is 16.1 Å². The number of nitrogens with two attached hydrogens (primary N) is 1. The number of anilines is 2. The van der Waals surface area contributed by atoms with Gasteiger partial charge in [0.1, 0.15) is 0 Å². The van der Waals surface area contributed by atoms with Crippen LogP contribution in [0.25, 0.3) is 23.3 Å². The molecule has 3 aromatic rings. The van der Waals surface area contributed by atoms with Gasteiger partial charge < -0.3 is 15.4 Å². The predicted octanol–water partition coefficient (Wildman–Crippen LogP) is 10.6. The van der Waals surface area contributed by atoms with Crippen molar-refractivity contribution in [2.24, 2.45) is 11.8 Å². The number of nitrogen functional groups attached to an aromatic ring is 1. The second kappa shape index (κ2) is 17.4. The van der Waals surface area contributed by atoms with Gasteiger partial charge in [0, 0.05) is 35.2 Å². The molecule has 0 spiro atoms. The SMILES string of the molecule is C1CC2CCC1C2.C=Cc1cc(-c2ccc(CN(/C=C\CC)c3cccc(/C=C/C(=O)OC)c3)c(Cl)c2)ccc1N.CC. The summed E-state index contributed by atoms with van der Waals surface area (Å²) in [4.78, 5) is 13.6. The predicted molar refractivity (Wildman–Crippen MR) is 186 cm³/mol. The lowest BCUT2D eigenvalue weighted by atomic mass is 10.0. The van der Waals surface area contributed by atoms with Crippen molar-refractivity contribution in [1.82, 2.24) is 0 Å². The third-order valence-electron chi connectivity index (χ3n) is 8.00. The number of halogens is 1. The average molecular weight is 599 g/mol. The van der Waals surface area contributed by atoms with Crippen LogP contribution in [0.2, 0.25) is 5.02 Å². The van der Waals surface area contributed by atoms with E-state index in [9.17, 15) is 4.79 Å². The first-order valence-electron chi connectivity index (χ1n) is 15.5. The highest BCUT2D eigenvalue weighted by Gasteiger charge is 2.30. The smallest absolute Gasteiger partial charge is 0.330 e. The Balaban J connectivity index is 0.000000478.